The summed E-state index contributed by atoms with van der Waals surface area (Å²) in [5.41, 5.74) is 0. The molecule has 0 bridgehead atoms. The van der Waals surface area contributed by atoms with Crippen molar-refractivity contribution in [2.45, 2.75) is 32.7 Å². The van der Waals surface area contributed by atoms with Gasteiger partial charge in [0.15, 0.2) is 0 Å². The van der Waals surface area contributed by atoms with Crippen molar-refractivity contribution in [2.24, 2.45) is 5.92 Å². The lowest BCUT2D eigenvalue weighted by molar-refractivity contribution is 0.132. The summed E-state index contributed by atoms with van der Waals surface area (Å²) < 4.78 is 24.4. The van der Waals surface area contributed by atoms with Crippen LogP contribution in [-0.4, -0.2) is 86.7 Å². The fourth-order valence-electron chi connectivity index (χ4n) is 3.32. The van der Waals surface area contributed by atoms with E-state index in [4.69, 9.17) is 0 Å². The van der Waals surface area contributed by atoms with E-state index in [1.807, 2.05) is 0 Å². The van der Waals surface area contributed by atoms with Gasteiger partial charge in [-0.3, -0.25) is 4.90 Å². The summed E-state index contributed by atoms with van der Waals surface area (Å²) in [6.45, 7) is 8.94. The second-order valence-corrected chi connectivity index (χ2v) is 8.91. The topological polar surface area (TPSA) is 73.0 Å². The maximum Gasteiger partial charge on any atom is 0.317 e. The van der Waals surface area contributed by atoms with Crippen molar-refractivity contribution >= 4 is 16.1 Å². The average molecular weight is 346 g/mol. The number of nitrogens with one attached hydrogen (secondary N) is 1. The van der Waals surface area contributed by atoms with Crippen molar-refractivity contribution in [3.63, 3.8) is 0 Å². The van der Waals surface area contributed by atoms with Gasteiger partial charge in [-0.05, 0) is 32.2 Å². The molecule has 8 heteroatoms. The average Bonchev–Trinajstić information content (AvgIpc) is 2.51. The van der Waals surface area contributed by atoms with Gasteiger partial charge in [0.1, 0.15) is 0 Å². The lowest BCUT2D eigenvalue weighted by Gasteiger charge is -2.36. The van der Waals surface area contributed by atoms with Crippen LogP contribution in [0.25, 0.3) is 0 Å². The van der Waals surface area contributed by atoms with Crippen LogP contribution in [0.3, 0.4) is 0 Å². The molecule has 2 aliphatic heterocycles. The molecule has 0 spiro atoms. The van der Waals surface area contributed by atoms with Gasteiger partial charge in [0.05, 0.1) is 6.26 Å². The van der Waals surface area contributed by atoms with Gasteiger partial charge in [-0.25, -0.2) is 13.2 Å². The molecule has 1 N–H and O–H groups in total. The summed E-state index contributed by atoms with van der Waals surface area (Å²) in [6, 6.07) is 0.245. The van der Waals surface area contributed by atoms with Crippen LogP contribution < -0.4 is 5.32 Å². The van der Waals surface area contributed by atoms with E-state index in [2.05, 4.69) is 24.1 Å². The van der Waals surface area contributed by atoms with Crippen molar-refractivity contribution in [3.05, 3.63) is 0 Å². The summed E-state index contributed by atoms with van der Waals surface area (Å²) >= 11 is 0. The Morgan fingerprint density at radius 1 is 1.22 bits per heavy atom. The monoisotopic (exact) mass is 346 g/mol. The summed E-state index contributed by atoms with van der Waals surface area (Å²) in [7, 11) is -3.15. The van der Waals surface area contributed by atoms with Crippen LogP contribution in [0.15, 0.2) is 0 Å². The molecule has 0 aromatic carbocycles. The van der Waals surface area contributed by atoms with Crippen molar-refractivity contribution < 1.29 is 13.2 Å². The van der Waals surface area contributed by atoms with E-state index >= 15 is 0 Å². The van der Waals surface area contributed by atoms with Gasteiger partial charge in [-0.15, -0.1) is 0 Å². The zero-order chi connectivity index (χ0) is 17.0. The van der Waals surface area contributed by atoms with Crippen LogP contribution in [0.5, 0.6) is 0 Å². The number of nitrogens with zero attached hydrogens (tertiary/aromatic N) is 3. The molecule has 2 atom stereocenters. The van der Waals surface area contributed by atoms with Crippen molar-refractivity contribution in [3.8, 4) is 0 Å². The fraction of sp³-hybridized carbons (Fsp3) is 0.933. The quantitative estimate of drug-likeness (QED) is 0.799. The zero-order valence-electron chi connectivity index (χ0n) is 14.5. The zero-order valence-corrected chi connectivity index (χ0v) is 15.3. The molecule has 0 radical (unpaired) electrons. The van der Waals surface area contributed by atoms with E-state index in [1.165, 1.54) is 23.4 Å². The molecule has 0 aliphatic carbocycles. The highest BCUT2D eigenvalue weighted by Crippen LogP contribution is 2.17. The number of hydrogen-bond acceptors (Lipinski definition) is 4. The van der Waals surface area contributed by atoms with Crippen molar-refractivity contribution in [1.82, 2.24) is 19.4 Å². The Morgan fingerprint density at radius 2 is 1.87 bits per heavy atom. The van der Waals surface area contributed by atoms with E-state index in [0.717, 1.165) is 19.0 Å². The summed E-state index contributed by atoms with van der Waals surface area (Å²) in [5.74, 6) is 0.728. The van der Waals surface area contributed by atoms with Gasteiger partial charge < -0.3 is 10.2 Å². The van der Waals surface area contributed by atoms with E-state index < -0.39 is 10.0 Å². The SMILES string of the molecule is C[C@@H]1CCCN([C@H](C)CNC(=O)N2CCN(S(C)(=O)=O)CC2)C1. The fourth-order valence-corrected chi connectivity index (χ4v) is 4.15. The lowest BCUT2D eigenvalue weighted by atomic mass is 9.99. The first-order valence-electron chi connectivity index (χ1n) is 8.49. The van der Waals surface area contributed by atoms with E-state index in [1.54, 1.807) is 4.90 Å². The van der Waals surface area contributed by atoms with Gasteiger partial charge >= 0.3 is 6.03 Å². The van der Waals surface area contributed by atoms with Gasteiger partial charge in [-0.1, -0.05) is 6.92 Å². The van der Waals surface area contributed by atoms with Gasteiger partial charge in [-0.2, -0.15) is 4.31 Å². The Labute approximate surface area is 140 Å². The summed E-state index contributed by atoms with van der Waals surface area (Å²) in [6.07, 6.45) is 3.73. The molecule has 7 nitrogen and oxygen atoms in total. The standard InChI is InChI=1S/C15H30N4O3S/c1-13-5-4-6-18(12-13)14(2)11-16-15(20)17-7-9-19(10-8-17)23(3,21)22/h13-14H,4-12H2,1-3H3,(H,16,20)/t13-,14-/m1/s1. The second kappa shape index (κ2) is 7.81. The predicted molar refractivity (Wildman–Crippen MR) is 90.8 cm³/mol. The molecule has 2 fully saturated rings. The number of hydrogen-bond donors (Lipinski definition) is 1. The van der Waals surface area contributed by atoms with Crippen LogP contribution in [0.4, 0.5) is 4.79 Å². The number of amides is 2. The molecule has 2 rings (SSSR count). The van der Waals surface area contributed by atoms with Gasteiger partial charge in [0.2, 0.25) is 10.0 Å². The third kappa shape index (κ3) is 5.32. The Kier molecular flexibility index (Phi) is 6.27. The molecule has 134 valence electrons. The molecule has 2 saturated heterocycles. The number of urea groups is 1. The highest BCUT2D eigenvalue weighted by molar-refractivity contribution is 7.88. The Bertz CT molecular complexity index is 503. The minimum atomic E-state index is -3.15. The Hall–Kier alpha value is -0.860. The smallest absolute Gasteiger partial charge is 0.317 e. The minimum absolute atomic E-state index is 0.0879. The maximum atomic E-state index is 12.2. The van der Waals surface area contributed by atoms with Crippen molar-refractivity contribution in [1.29, 1.82) is 0 Å². The largest absolute Gasteiger partial charge is 0.336 e. The lowest BCUT2D eigenvalue weighted by Crippen LogP contribution is -2.54. The molecule has 0 saturated carbocycles. The van der Waals surface area contributed by atoms with Crippen LogP contribution in [0.2, 0.25) is 0 Å². The highest BCUT2D eigenvalue weighted by Gasteiger charge is 2.27. The van der Waals surface area contributed by atoms with E-state index in [9.17, 15) is 13.2 Å². The summed E-state index contributed by atoms with van der Waals surface area (Å²) in [5, 5.41) is 3.00. The minimum Gasteiger partial charge on any atom is -0.336 e. The van der Waals surface area contributed by atoms with Crippen LogP contribution in [0, 0.1) is 5.92 Å². The van der Waals surface area contributed by atoms with E-state index in [0.29, 0.717) is 38.8 Å². The number of carbonyl (C=O) groups is 1. The first kappa shape index (κ1) is 18.5. The third-order valence-electron chi connectivity index (χ3n) is 4.86. The Morgan fingerprint density at radius 3 is 2.43 bits per heavy atom. The first-order chi connectivity index (χ1) is 10.8. The highest BCUT2D eigenvalue weighted by atomic mass is 32.2. The molecule has 0 aromatic heterocycles. The molecule has 2 heterocycles. The van der Waals surface area contributed by atoms with Crippen molar-refractivity contribution in [2.75, 3.05) is 52.1 Å². The Balaban J connectivity index is 1.73. The molecule has 0 unspecified atom stereocenters. The van der Waals surface area contributed by atoms with Crippen LogP contribution in [0.1, 0.15) is 26.7 Å². The molecule has 2 amide bonds. The molecule has 2 aliphatic rings. The number of likely N-dealkylation sites (tertiary alicyclic amines) is 1. The number of rotatable bonds is 4. The van der Waals surface area contributed by atoms with Gasteiger partial charge in [0.25, 0.3) is 0 Å². The predicted octanol–water partition coefficient (Wildman–Crippen LogP) is 0.394. The molecule has 23 heavy (non-hydrogen) atoms. The number of piperidine rings is 1. The number of piperazine rings is 1. The molecule has 0 aromatic rings. The van der Waals surface area contributed by atoms with Gasteiger partial charge in [0, 0.05) is 45.3 Å². The maximum absolute atomic E-state index is 12.2. The molecular weight excluding hydrogens is 316 g/mol. The van der Waals surface area contributed by atoms with E-state index in [-0.39, 0.29) is 6.03 Å². The second-order valence-electron chi connectivity index (χ2n) is 6.93. The van der Waals surface area contributed by atoms with Crippen LogP contribution >= 0.6 is 0 Å². The third-order valence-corrected chi connectivity index (χ3v) is 6.16. The van der Waals surface area contributed by atoms with Crippen LogP contribution in [-0.2, 0) is 10.0 Å². The first-order valence-corrected chi connectivity index (χ1v) is 10.3. The summed E-state index contributed by atoms with van der Waals surface area (Å²) in [4.78, 5) is 16.4. The normalized spacial score (nSPS) is 26.0. The molecular formula is C15H30N4O3S. The number of carbonyl (C=O) groups excluding carboxylic acids is 1. The number of sulfonamides is 1.